The largest absolute Gasteiger partial charge is 0.461 e. The summed E-state index contributed by atoms with van der Waals surface area (Å²) < 4.78 is 20.6. The minimum Gasteiger partial charge on any atom is -0.461 e. The highest BCUT2D eigenvalue weighted by Crippen LogP contribution is 2.40. The number of hydrogen-bond donors (Lipinski definition) is 4. The molecule has 4 atom stereocenters. The summed E-state index contributed by atoms with van der Waals surface area (Å²) in [5.41, 5.74) is 7.72. The quantitative estimate of drug-likeness (QED) is 0.180. The number of nitrogens with zero attached hydrogens (tertiary/aromatic N) is 3. The molecule has 0 radical (unpaired) electrons. The molecule has 0 spiro atoms. The number of likely N-dealkylation sites (tertiary alicyclic amines) is 1. The lowest BCUT2D eigenvalue weighted by atomic mass is 9.79. The second-order valence-corrected chi connectivity index (χ2v) is 11.8. The van der Waals surface area contributed by atoms with E-state index in [0.717, 1.165) is 24.8 Å². The van der Waals surface area contributed by atoms with Gasteiger partial charge in [-0.05, 0) is 66.3 Å². The van der Waals surface area contributed by atoms with Crippen LogP contribution in [0.1, 0.15) is 55.7 Å². The Hall–Kier alpha value is -4.08. The Morgan fingerprint density at radius 2 is 2.02 bits per heavy atom. The van der Waals surface area contributed by atoms with Crippen molar-refractivity contribution in [1.29, 1.82) is 5.26 Å². The van der Waals surface area contributed by atoms with Crippen LogP contribution in [0.5, 0.6) is 0 Å². The monoisotopic (exact) mass is 620 g/mol. The number of ether oxygens (including phenoxy) is 1. The number of aliphatic hydroxyl groups excluding tert-OH is 1. The van der Waals surface area contributed by atoms with Crippen LogP contribution in [-0.2, 0) is 19.9 Å². The minimum atomic E-state index is -1.39. The first kappa shape index (κ1) is 31.3. The molecular formula is C32H34ClFN6O4. The van der Waals surface area contributed by atoms with E-state index in [2.05, 4.69) is 21.7 Å². The second kappa shape index (κ2) is 13.3. The van der Waals surface area contributed by atoms with Crippen LogP contribution in [0.15, 0.2) is 60.8 Å². The summed E-state index contributed by atoms with van der Waals surface area (Å²) in [7, 11) is 0. The van der Waals surface area contributed by atoms with Crippen molar-refractivity contribution in [3.8, 4) is 6.07 Å². The molecule has 44 heavy (non-hydrogen) atoms. The summed E-state index contributed by atoms with van der Waals surface area (Å²) in [6.07, 6.45) is 3.13. The van der Waals surface area contributed by atoms with Crippen molar-refractivity contribution in [3.63, 3.8) is 0 Å². The molecule has 1 saturated heterocycles. The van der Waals surface area contributed by atoms with E-state index in [4.69, 9.17) is 22.1 Å². The zero-order chi connectivity index (χ0) is 31.4. The molecule has 12 heteroatoms. The van der Waals surface area contributed by atoms with Gasteiger partial charge in [0.25, 0.3) is 0 Å². The second-order valence-electron chi connectivity index (χ2n) is 11.4. The number of nitrogens with one attached hydrogen (secondary N) is 2. The number of amides is 1. The van der Waals surface area contributed by atoms with Gasteiger partial charge in [-0.2, -0.15) is 5.26 Å². The average Bonchev–Trinajstić information content (AvgIpc) is 3.75. The van der Waals surface area contributed by atoms with Crippen LogP contribution in [0.3, 0.4) is 0 Å². The third-order valence-electron chi connectivity index (χ3n) is 8.14. The summed E-state index contributed by atoms with van der Waals surface area (Å²) in [5, 5.41) is 26.4. The molecule has 1 aliphatic heterocycles. The molecule has 2 fully saturated rings. The Balaban J connectivity index is 1.40. The lowest BCUT2D eigenvalue weighted by Gasteiger charge is -2.32. The fourth-order valence-corrected chi connectivity index (χ4v) is 5.73. The molecule has 2 aliphatic rings. The Morgan fingerprint density at radius 3 is 2.70 bits per heavy atom. The maximum absolute atomic E-state index is 15.2. The zero-order valence-electron chi connectivity index (χ0n) is 24.2. The number of carbonyl (C=O) groups excluding carboxylic acids is 2. The maximum Gasteiger partial charge on any atom is 0.302 e. The lowest BCUT2D eigenvalue weighted by molar-refractivity contribution is -0.146. The Labute approximate surface area is 260 Å². The normalized spacial score (nSPS) is 20.3. The van der Waals surface area contributed by atoms with Crippen molar-refractivity contribution in [3.05, 3.63) is 88.3 Å². The number of pyridine rings is 1. The van der Waals surface area contributed by atoms with Crippen molar-refractivity contribution in [1.82, 2.24) is 9.88 Å². The van der Waals surface area contributed by atoms with Crippen LogP contribution in [0.25, 0.3) is 0 Å². The van der Waals surface area contributed by atoms with Gasteiger partial charge in [-0.3, -0.25) is 9.59 Å². The fourth-order valence-electron chi connectivity index (χ4n) is 5.62. The van der Waals surface area contributed by atoms with E-state index in [1.54, 1.807) is 36.4 Å². The van der Waals surface area contributed by atoms with Crippen LogP contribution in [-0.4, -0.2) is 51.9 Å². The Bertz CT molecular complexity index is 1560. The van der Waals surface area contributed by atoms with E-state index in [0.29, 0.717) is 34.3 Å². The molecule has 1 aliphatic carbocycles. The molecule has 0 bridgehead atoms. The van der Waals surface area contributed by atoms with Gasteiger partial charge in [0, 0.05) is 26.1 Å². The molecule has 2 unspecified atom stereocenters. The molecule has 5 rings (SSSR count). The van der Waals surface area contributed by atoms with Crippen molar-refractivity contribution < 1.29 is 23.8 Å². The molecule has 230 valence electrons. The molecule has 2 heterocycles. The molecule has 5 N–H and O–H groups in total. The number of benzene rings is 2. The van der Waals surface area contributed by atoms with Crippen molar-refractivity contribution in [2.45, 2.75) is 63.1 Å². The van der Waals surface area contributed by atoms with Gasteiger partial charge in [0.2, 0.25) is 5.91 Å². The summed E-state index contributed by atoms with van der Waals surface area (Å²) >= 11 is 5.90. The highest BCUT2D eigenvalue weighted by Gasteiger charge is 2.42. The van der Waals surface area contributed by atoms with E-state index in [1.165, 1.54) is 30.2 Å². The minimum absolute atomic E-state index is 0.0459. The number of halogens is 2. The molecular weight excluding hydrogens is 587 g/mol. The predicted octanol–water partition coefficient (Wildman–Crippen LogP) is 4.47. The van der Waals surface area contributed by atoms with Gasteiger partial charge in [0.1, 0.15) is 17.7 Å². The van der Waals surface area contributed by atoms with E-state index >= 15 is 4.39 Å². The summed E-state index contributed by atoms with van der Waals surface area (Å²) in [6.45, 7) is 1.31. The lowest BCUT2D eigenvalue weighted by Crippen LogP contribution is -2.49. The third kappa shape index (κ3) is 7.34. The maximum atomic E-state index is 15.2. The number of anilines is 2. The van der Waals surface area contributed by atoms with Gasteiger partial charge in [0.05, 0.1) is 33.9 Å². The summed E-state index contributed by atoms with van der Waals surface area (Å²) in [6, 6.07) is 15.8. The fraction of sp³-hybridized carbons (Fsp3) is 0.375. The molecule has 10 nitrogen and oxygen atoms in total. The standard InChI is InChI=1S/C32H34ClFN6O4/c1-19(41)44-25-15-28(40(18-25)31(43)39-29-10-8-24(33)17-37-29)30(42)38-27-14-23(7-9-26(27)34)32(36,12-11-20-5-6-20)22-4-2-3-21(13-22)16-35/h2-4,7-10,13-14,17,20,25,28,31,43H,5-6,11-12,15,18,36H2,1H3,(H,37,39)(H,38,42)/t25-,28-,31?,32?/m1/s1. The first-order chi connectivity index (χ1) is 21.0. The van der Waals surface area contributed by atoms with Gasteiger partial charge < -0.3 is 26.2 Å². The van der Waals surface area contributed by atoms with Crippen LogP contribution < -0.4 is 16.4 Å². The Kier molecular flexibility index (Phi) is 9.46. The van der Waals surface area contributed by atoms with Gasteiger partial charge in [-0.15, -0.1) is 0 Å². The number of rotatable bonds is 11. The Morgan fingerprint density at radius 1 is 1.25 bits per heavy atom. The van der Waals surface area contributed by atoms with Crippen molar-refractivity contribution in [2.75, 3.05) is 17.2 Å². The summed E-state index contributed by atoms with van der Waals surface area (Å²) in [4.78, 5) is 30.9. The third-order valence-corrected chi connectivity index (χ3v) is 8.37. The van der Waals surface area contributed by atoms with Crippen LogP contribution in [0.4, 0.5) is 15.9 Å². The molecule has 1 saturated carbocycles. The highest BCUT2D eigenvalue weighted by molar-refractivity contribution is 6.30. The van der Waals surface area contributed by atoms with Gasteiger partial charge >= 0.3 is 5.97 Å². The number of aromatic nitrogens is 1. The molecule has 1 amide bonds. The van der Waals surface area contributed by atoms with E-state index in [1.807, 2.05) is 6.07 Å². The SMILES string of the molecule is CC(=O)O[C@@H]1C[C@H](C(=O)Nc2cc(C(N)(CCC3CC3)c3cccc(C#N)c3)ccc2F)N(C(O)Nc2ccc(Cl)cn2)C1. The van der Waals surface area contributed by atoms with Crippen molar-refractivity contribution >= 4 is 35.0 Å². The van der Waals surface area contributed by atoms with Crippen molar-refractivity contribution in [2.24, 2.45) is 11.7 Å². The molecule has 2 aromatic carbocycles. The first-order valence-electron chi connectivity index (χ1n) is 14.5. The van der Waals surface area contributed by atoms with E-state index in [9.17, 15) is 20.0 Å². The van der Waals surface area contributed by atoms with Gasteiger partial charge in [-0.1, -0.05) is 42.6 Å². The zero-order valence-corrected chi connectivity index (χ0v) is 24.9. The van der Waals surface area contributed by atoms with Gasteiger partial charge in [-0.25, -0.2) is 14.3 Å². The predicted molar refractivity (Wildman–Crippen MR) is 163 cm³/mol. The highest BCUT2D eigenvalue weighted by atomic mass is 35.5. The van der Waals surface area contributed by atoms with E-state index in [-0.39, 0.29) is 18.7 Å². The number of esters is 1. The molecule has 3 aromatic rings. The number of hydrogen-bond acceptors (Lipinski definition) is 9. The van der Waals surface area contributed by atoms with E-state index < -0.39 is 41.7 Å². The topological polar surface area (TPSA) is 154 Å². The number of nitriles is 1. The number of aliphatic hydroxyl groups is 1. The van der Waals surface area contributed by atoms with Gasteiger partial charge in [0.15, 0.2) is 6.35 Å². The molecule has 1 aromatic heterocycles. The first-order valence-corrected chi connectivity index (χ1v) is 14.8. The number of carbonyl (C=O) groups is 2. The average molecular weight is 621 g/mol. The number of nitrogens with two attached hydrogens (primary N) is 1. The van der Waals surface area contributed by atoms with Crippen LogP contribution in [0.2, 0.25) is 5.02 Å². The summed E-state index contributed by atoms with van der Waals surface area (Å²) in [5.74, 6) is -0.905. The van der Waals surface area contributed by atoms with Crippen LogP contribution >= 0.6 is 11.6 Å². The van der Waals surface area contributed by atoms with Crippen LogP contribution in [0, 0.1) is 23.1 Å². The smallest absolute Gasteiger partial charge is 0.302 e.